The Labute approximate surface area is 106 Å². The first kappa shape index (κ1) is 12.8. The maximum Gasteiger partial charge on any atom is 0.172 e. The molecule has 0 aromatic rings. The van der Waals surface area contributed by atoms with Gasteiger partial charge in [0.25, 0.3) is 0 Å². The molecule has 0 bridgehead atoms. The lowest BCUT2D eigenvalue weighted by molar-refractivity contribution is -0.114. The molecule has 0 N–H and O–H groups in total. The van der Waals surface area contributed by atoms with Crippen molar-refractivity contribution in [3.05, 3.63) is 9.34 Å². The van der Waals surface area contributed by atoms with Gasteiger partial charge in [-0.1, -0.05) is 25.6 Å². The van der Waals surface area contributed by atoms with Crippen molar-refractivity contribution >= 4 is 36.4 Å². The monoisotopic (exact) mass is 334 g/mol. The summed E-state index contributed by atoms with van der Waals surface area (Å²) in [5.74, 6) is 4.05. The van der Waals surface area contributed by atoms with Crippen LogP contribution < -0.4 is 0 Å². The minimum Gasteiger partial charge on any atom is -0.484 e. The summed E-state index contributed by atoms with van der Waals surface area (Å²) >= 11 is 2.05. The third kappa shape index (κ3) is 4.39. The molecule has 0 saturated heterocycles. The molecule has 0 aliphatic heterocycles. The Bertz CT molecular complexity index is 355. The normalized spacial score (nSPS) is 16.4. The highest BCUT2D eigenvalue weighted by molar-refractivity contribution is 14.1. The molecule has 0 unspecified atom stereocenters. The van der Waals surface area contributed by atoms with Gasteiger partial charge in [0.15, 0.2) is 5.78 Å². The Balaban J connectivity index is 2.45. The number of hydrogen-bond acceptors (Lipinski definition) is 2. The molecule has 15 heavy (non-hydrogen) atoms. The molecule has 0 atom stereocenters. The van der Waals surface area contributed by atoms with E-state index in [2.05, 4.69) is 53.7 Å². The molecule has 0 radical (unpaired) electrons. The predicted octanol–water partition coefficient (Wildman–Crippen LogP) is 2.89. The quantitative estimate of drug-likeness (QED) is 0.441. The Kier molecular flexibility index (Phi) is 4.41. The largest absolute Gasteiger partial charge is 0.484 e. The van der Waals surface area contributed by atoms with E-state index in [-0.39, 0.29) is 5.78 Å². The third-order valence-electron chi connectivity index (χ3n) is 1.85. The first-order chi connectivity index (χ1) is 6.90. The number of hydrogen-bond donors (Lipinski definition) is 0. The molecule has 0 aromatic carbocycles. The van der Waals surface area contributed by atoms with Crippen molar-refractivity contribution in [2.75, 3.05) is 6.61 Å². The van der Waals surface area contributed by atoms with Crippen LogP contribution in [0.3, 0.4) is 0 Å². The molecule has 0 aromatic heterocycles. The molecule has 1 rings (SSSR count). The van der Waals surface area contributed by atoms with E-state index in [4.69, 9.17) is 4.74 Å². The molecule has 0 heterocycles. The molecular weight excluding hydrogens is 319 g/mol. The zero-order valence-corrected chi connectivity index (χ0v) is 12.5. The van der Waals surface area contributed by atoms with Crippen molar-refractivity contribution in [1.29, 1.82) is 0 Å². The molecule has 82 valence electrons. The summed E-state index contributed by atoms with van der Waals surface area (Å²) in [4.78, 5) is 11.2. The number of Topliss-reactive ketones (excluding diaryl/α,β-unsaturated/α-hetero) is 1. The first-order valence-electron chi connectivity index (χ1n) is 4.95. The fraction of sp³-hybridized carbons (Fsp3) is 0.545. The number of ether oxygens (including phenoxy) is 1. The van der Waals surface area contributed by atoms with E-state index < -0.39 is 8.07 Å². The van der Waals surface area contributed by atoms with E-state index in [0.29, 0.717) is 13.0 Å². The number of carbonyl (C=O) groups is 1. The predicted molar refractivity (Wildman–Crippen MR) is 72.4 cm³/mol. The standard InChI is InChI=1S/C11H15IO2Si/c1-15(2,3)8-4-7-14-10-6-5-9(13)11(10)12/h5-7H2,1-3H3. The van der Waals surface area contributed by atoms with Crippen molar-refractivity contribution in [3.63, 3.8) is 0 Å². The molecule has 0 spiro atoms. The van der Waals surface area contributed by atoms with E-state index >= 15 is 0 Å². The maximum absolute atomic E-state index is 11.2. The van der Waals surface area contributed by atoms with Crippen LogP contribution >= 0.6 is 22.6 Å². The summed E-state index contributed by atoms with van der Waals surface area (Å²) in [6.07, 6.45) is 1.33. The van der Waals surface area contributed by atoms with Crippen LogP contribution in [0.2, 0.25) is 19.6 Å². The second kappa shape index (κ2) is 5.17. The van der Waals surface area contributed by atoms with Crippen molar-refractivity contribution < 1.29 is 9.53 Å². The van der Waals surface area contributed by atoms with Gasteiger partial charge in [-0.2, -0.15) is 0 Å². The van der Waals surface area contributed by atoms with Crippen LogP contribution in [0.5, 0.6) is 0 Å². The van der Waals surface area contributed by atoms with Crippen LogP contribution in [0, 0.1) is 11.5 Å². The van der Waals surface area contributed by atoms with Gasteiger partial charge in [-0.3, -0.25) is 4.79 Å². The minimum atomic E-state index is -1.29. The lowest BCUT2D eigenvalue weighted by Crippen LogP contribution is -2.16. The summed E-state index contributed by atoms with van der Waals surface area (Å²) in [5.41, 5.74) is 3.23. The van der Waals surface area contributed by atoms with Gasteiger partial charge < -0.3 is 4.74 Å². The van der Waals surface area contributed by atoms with Crippen LogP contribution in [0.15, 0.2) is 9.34 Å². The fourth-order valence-corrected chi connectivity index (χ4v) is 2.46. The molecule has 0 amide bonds. The molecule has 4 heteroatoms. The first-order valence-corrected chi connectivity index (χ1v) is 9.53. The Morgan fingerprint density at radius 1 is 1.40 bits per heavy atom. The second-order valence-electron chi connectivity index (χ2n) is 4.50. The van der Waals surface area contributed by atoms with Gasteiger partial charge in [0.05, 0.1) is 3.58 Å². The number of allylic oxidation sites excluding steroid dienone is 2. The molecule has 1 aliphatic carbocycles. The molecule has 2 nitrogen and oxygen atoms in total. The number of carbonyl (C=O) groups excluding carboxylic acids is 1. The van der Waals surface area contributed by atoms with E-state index in [9.17, 15) is 4.79 Å². The lowest BCUT2D eigenvalue weighted by Gasteiger charge is -2.05. The fourth-order valence-electron chi connectivity index (χ4n) is 1.16. The van der Waals surface area contributed by atoms with E-state index in [1.165, 1.54) is 0 Å². The molecule has 0 fully saturated rings. The van der Waals surface area contributed by atoms with E-state index in [1.807, 2.05) is 0 Å². The van der Waals surface area contributed by atoms with Gasteiger partial charge in [-0.15, -0.1) is 5.54 Å². The summed E-state index contributed by atoms with van der Waals surface area (Å²) in [6.45, 7) is 7.01. The van der Waals surface area contributed by atoms with Gasteiger partial charge in [0, 0.05) is 12.8 Å². The third-order valence-corrected chi connectivity index (χ3v) is 3.98. The minimum absolute atomic E-state index is 0.198. The van der Waals surface area contributed by atoms with Crippen molar-refractivity contribution in [2.24, 2.45) is 0 Å². The maximum atomic E-state index is 11.2. The zero-order valence-electron chi connectivity index (χ0n) is 9.32. The highest BCUT2D eigenvalue weighted by Gasteiger charge is 2.21. The van der Waals surface area contributed by atoms with Crippen LogP contribution in [-0.2, 0) is 9.53 Å². The molecular formula is C11H15IO2Si. The van der Waals surface area contributed by atoms with E-state index in [0.717, 1.165) is 15.8 Å². The SMILES string of the molecule is C[Si](C)(C)C#CCOC1=C(I)C(=O)CC1. The smallest absolute Gasteiger partial charge is 0.172 e. The molecule has 1 aliphatic rings. The number of halogens is 1. The van der Waals surface area contributed by atoms with Crippen molar-refractivity contribution in [1.82, 2.24) is 0 Å². The lowest BCUT2D eigenvalue weighted by atomic mass is 10.3. The van der Waals surface area contributed by atoms with Crippen LogP contribution in [0.4, 0.5) is 0 Å². The average molecular weight is 334 g/mol. The van der Waals surface area contributed by atoms with Crippen LogP contribution in [-0.4, -0.2) is 20.5 Å². The van der Waals surface area contributed by atoms with E-state index in [1.54, 1.807) is 0 Å². The van der Waals surface area contributed by atoms with Crippen LogP contribution in [0.1, 0.15) is 12.8 Å². The zero-order chi connectivity index (χ0) is 11.5. The van der Waals surface area contributed by atoms with Gasteiger partial charge >= 0.3 is 0 Å². The Morgan fingerprint density at radius 2 is 2.07 bits per heavy atom. The van der Waals surface area contributed by atoms with Gasteiger partial charge in [-0.05, 0) is 22.6 Å². The van der Waals surface area contributed by atoms with Crippen molar-refractivity contribution in [3.8, 4) is 11.5 Å². The summed E-state index contributed by atoms with van der Waals surface area (Å²) < 4.78 is 6.23. The highest BCUT2D eigenvalue weighted by atomic mass is 127. The summed E-state index contributed by atoms with van der Waals surface area (Å²) in [5, 5.41) is 0. The second-order valence-corrected chi connectivity index (χ2v) is 10.3. The Morgan fingerprint density at radius 3 is 2.53 bits per heavy atom. The average Bonchev–Trinajstić information content (AvgIpc) is 2.42. The van der Waals surface area contributed by atoms with Gasteiger partial charge in [0.2, 0.25) is 0 Å². The van der Waals surface area contributed by atoms with Gasteiger partial charge in [0.1, 0.15) is 20.4 Å². The Hall–Kier alpha value is -0.283. The topological polar surface area (TPSA) is 26.3 Å². The van der Waals surface area contributed by atoms with Crippen LogP contribution in [0.25, 0.3) is 0 Å². The number of rotatable bonds is 2. The number of ketones is 1. The van der Waals surface area contributed by atoms with Gasteiger partial charge in [-0.25, -0.2) is 0 Å². The highest BCUT2D eigenvalue weighted by Crippen LogP contribution is 2.28. The van der Waals surface area contributed by atoms with Crippen molar-refractivity contribution in [2.45, 2.75) is 32.5 Å². The molecule has 0 saturated carbocycles. The summed E-state index contributed by atoms with van der Waals surface area (Å²) in [6, 6.07) is 0. The summed E-state index contributed by atoms with van der Waals surface area (Å²) in [7, 11) is -1.29.